The smallest absolute Gasteiger partial charge is 0.357 e. The van der Waals surface area contributed by atoms with E-state index in [1.165, 1.54) is 13.1 Å². The lowest BCUT2D eigenvalue weighted by atomic mass is 10.0. The molecule has 0 fully saturated rings. The second-order valence-corrected chi connectivity index (χ2v) is 5.24. The molecule has 0 heterocycles. The van der Waals surface area contributed by atoms with Crippen molar-refractivity contribution in [1.29, 1.82) is 0 Å². The Bertz CT molecular complexity index is 836. The lowest BCUT2D eigenvalue weighted by molar-refractivity contribution is -0.137. The Balaban J connectivity index is 2.40. The van der Waals surface area contributed by atoms with Crippen LogP contribution in [0, 0.1) is 11.6 Å². The number of benzene rings is 2. The minimum absolute atomic E-state index is 0.124. The van der Waals surface area contributed by atoms with Gasteiger partial charge in [-0.05, 0) is 29.8 Å². The zero-order valence-corrected chi connectivity index (χ0v) is 13.3. The Hall–Kier alpha value is -2.97. The summed E-state index contributed by atoms with van der Waals surface area (Å²) in [5.74, 6) is -4.43. The highest BCUT2D eigenvalue weighted by Gasteiger charge is 2.35. The van der Waals surface area contributed by atoms with E-state index in [4.69, 9.17) is 0 Å². The zero-order chi connectivity index (χ0) is 19.5. The van der Waals surface area contributed by atoms with E-state index in [1.54, 1.807) is 0 Å². The van der Waals surface area contributed by atoms with Gasteiger partial charge in [0.1, 0.15) is 6.04 Å². The first kappa shape index (κ1) is 19.4. The molecule has 9 heteroatoms. The van der Waals surface area contributed by atoms with Crippen LogP contribution in [0.15, 0.2) is 42.5 Å². The van der Waals surface area contributed by atoms with Gasteiger partial charge in [0.15, 0.2) is 11.6 Å². The summed E-state index contributed by atoms with van der Waals surface area (Å²) in [6.07, 6.45) is -4.78. The molecule has 2 aromatic carbocycles. The van der Waals surface area contributed by atoms with Gasteiger partial charge in [-0.15, -0.1) is 0 Å². The minimum atomic E-state index is -4.78. The van der Waals surface area contributed by atoms with Gasteiger partial charge < -0.3 is 10.6 Å². The first-order valence-electron chi connectivity index (χ1n) is 7.28. The summed E-state index contributed by atoms with van der Waals surface area (Å²) < 4.78 is 65.6. The van der Waals surface area contributed by atoms with Crippen LogP contribution in [0.25, 0.3) is 0 Å². The molecule has 0 spiro atoms. The van der Waals surface area contributed by atoms with E-state index in [-0.39, 0.29) is 5.56 Å². The molecule has 0 aliphatic heterocycles. The van der Waals surface area contributed by atoms with Gasteiger partial charge in [0, 0.05) is 7.05 Å². The molecule has 2 N–H and O–H groups in total. The summed E-state index contributed by atoms with van der Waals surface area (Å²) >= 11 is 0. The van der Waals surface area contributed by atoms with Crippen LogP contribution < -0.4 is 10.6 Å². The van der Waals surface area contributed by atoms with Crippen molar-refractivity contribution in [3.8, 4) is 0 Å². The molecular weight excluding hydrogens is 359 g/mol. The van der Waals surface area contributed by atoms with Gasteiger partial charge in [0.2, 0.25) is 5.91 Å². The lowest BCUT2D eigenvalue weighted by Crippen LogP contribution is -2.39. The molecule has 0 saturated heterocycles. The molecule has 2 rings (SSSR count). The number of carbonyl (C=O) groups is 2. The molecule has 0 saturated carbocycles. The van der Waals surface area contributed by atoms with Crippen molar-refractivity contribution in [2.24, 2.45) is 0 Å². The number of alkyl halides is 3. The molecule has 26 heavy (non-hydrogen) atoms. The van der Waals surface area contributed by atoms with Gasteiger partial charge in [-0.3, -0.25) is 9.59 Å². The number of likely N-dealkylation sites (N-methyl/N-ethyl adjacent to an activating group) is 1. The van der Waals surface area contributed by atoms with Gasteiger partial charge >= 0.3 is 6.18 Å². The largest absolute Gasteiger partial charge is 0.417 e. The molecule has 0 radical (unpaired) electrons. The van der Waals surface area contributed by atoms with E-state index in [2.05, 4.69) is 10.6 Å². The average molecular weight is 372 g/mol. The maximum Gasteiger partial charge on any atom is 0.417 e. The Morgan fingerprint density at radius 3 is 2.23 bits per heavy atom. The molecule has 0 aromatic heterocycles. The third-order valence-corrected chi connectivity index (χ3v) is 3.54. The molecule has 2 amide bonds. The highest BCUT2D eigenvalue weighted by atomic mass is 19.4. The van der Waals surface area contributed by atoms with E-state index < -0.39 is 46.8 Å². The first-order chi connectivity index (χ1) is 12.1. The van der Waals surface area contributed by atoms with Gasteiger partial charge in [-0.25, -0.2) is 8.78 Å². The van der Waals surface area contributed by atoms with Crippen LogP contribution in [0.1, 0.15) is 27.5 Å². The van der Waals surface area contributed by atoms with Crippen molar-refractivity contribution in [3.63, 3.8) is 0 Å². The number of nitrogens with one attached hydrogen (secondary N) is 2. The predicted molar refractivity (Wildman–Crippen MR) is 82.1 cm³/mol. The highest BCUT2D eigenvalue weighted by molar-refractivity contribution is 5.99. The molecule has 0 aliphatic carbocycles. The molecule has 1 atom stereocenters. The number of halogens is 5. The molecule has 2 aromatic rings. The minimum Gasteiger partial charge on any atom is -0.357 e. The summed E-state index contributed by atoms with van der Waals surface area (Å²) in [5, 5.41) is 4.33. The standard InChI is InChI=1S/C17H13F5N2O2/c1-23-16(26)14(9-6-7-12(18)13(19)8-9)24-15(25)10-4-2-3-5-11(10)17(20,21)22/h2-8,14H,1H3,(H,23,26)(H,24,25). The fraction of sp³-hybridized carbons (Fsp3) is 0.176. The summed E-state index contributed by atoms with van der Waals surface area (Å²) in [6, 6.07) is 4.99. The zero-order valence-electron chi connectivity index (χ0n) is 13.3. The Labute approximate surface area is 145 Å². The van der Waals surface area contributed by atoms with Crippen LogP contribution in [0.2, 0.25) is 0 Å². The van der Waals surface area contributed by atoms with Gasteiger partial charge in [-0.2, -0.15) is 13.2 Å². The van der Waals surface area contributed by atoms with Crippen LogP contribution in [0.3, 0.4) is 0 Å². The number of rotatable bonds is 4. The van der Waals surface area contributed by atoms with Crippen molar-refractivity contribution >= 4 is 11.8 Å². The number of hydrogen-bond donors (Lipinski definition) is 2. The van der Waals surface area contributed by atoms with Gasteiger partial charge in [-0.1, -0.05) is 18.2 Å². The monoisotopic (exact) mass is 372 g/mol. The van der Waals surface area contributed by atoms with Crippen molar-refractivity contribution in [3.05, 3.63) is 70.8 Å². The van der Waals surface area contributed by atoms with E-state index in [0.29, 0.717) is 6.07 Å². The van der Waals surface area contributed by atoms with Crippen molar-refractivity contribution in [1.82, 2.24) is 10.6 Å². The molecule has 1 unspecified atom stereocenters. The van der Waals surface area contributed by atoms with Gasteiger partial charge in [0.25, 0.3) is 5.91 Å². The topological polar surface area (TPSA) is 58.2 Å². The fourth-order valence-corrected chi connectivity index (χ4v) is 2.27. The molecular formula is C17H13F5N2O2. The van der Waals surface area contributed by atoms with E-state index >= 15 is 0 Å². The quantitative estimate of drug-likeness (QED) is 0.810. The summed E-state index contributed by atoms with van der Waals surface area (Å²) in [5.41, 5.74) is -2.00. The van der Waals surface area contributed by atoms with E-state index in [0.717, 1.165) is 30.3 Å². The predicted octanol–water partition coefficient (Wildman–Crippen LogP) is 3.20. The maximum absolute atomic E-state index is 13.4. The summed E-state index contributed by atoms with van der Waals surface area (Å²) in [7, 11) is 1.23. The van der Waals surface area contributed by atoms with Crippen LogP contribution in [0.4, 0.5) is 22.0 Å². The Kier molecular flexibility index (Phi) is 5.59. The molecule has 4 nitrogen and oxygen atoms in total. The van der Waals surface area contributed by atoms with E-state index in [1.807, 2.05) is 0 Å². The average Bonchev–Trinajstić information content (AvgIpc) is 2.60. The van der Waals surface area contributed by atoms with Crippen molar-refractivity contribution in [2.45, 2.75) is 12.2 Å². The maximum atomic E-state index is 13.4. The lowest BCUT2D eigenvalue weighted by Gasteiger charge is -2.19. The third-order valence-electron chi connectivity index (χ3n) is 3.54. The van der Waals surface area contributed by atoms with Gasteiger partial charge in [0.05, 0.1) is 11.1 Å². The summed E-state index contributed by atoms with van der Waals surface area (Å²) in [4.78, 5) is 24.3. The third kappa shape index (κ3) is 4.16. The van der Waals surface area contributed by atoms with Crippen LogP contribution in [-0.2, 0) is 11.0 Å². The fourth-order valence-electron chi connectivity index (χ4n) is 2.27. The number of hydrogen-bond acceptors (Lipinski definition) is 2. The van der Waals surface area contributed by atoms with Crippen molar-refractivity contribution < 1.29 is 31.5 Å². The van der Waals surface area contributed by atoms with Crippen LogP contribution >= 0.6 is 0 Å². The first-order valence-corrected chi connectivity index (χ1v) is 7.28. The Morgan fingerprint density at radius 1 is 1.00 bits per heavy atom. The number of carbonyl (C=O) groups excluding carboxylic acids is 2. The second-order valence-electron chi connectivity index (χ2n) is 5.24. The normalized spacial score (nSPS) is 12.4. The summed E-state index contributed by atoms with van der Waals surface area (Å²) in [6.45, 7) is 0. The number of amides is 2. The van der Waals surface area contributed by atoms with Crippen LogP contribution in [-0.4, -0.2) is 18.9 Å². The molecule has 138 valence electrons. The molecule has 0 aliphatic rings. The second kappa shape index (κ2) is 7.51. The highest BCUT2D eigenvalue weighted by Crippen LogP contribution is 2.32. The SMILES string of the molecule is CNC(=O)C(NC(=O)c1ccccc1C(F)(F)F)c1ccc(F)c(F)c1. The van der Waals surface area contributed by atoms with E-state index in [9.17, 15) is 31.5 Å². The van der Waals surface area contributed by atoms with Crippen molar-refractivity contribution in [2.75, 3.05) is 7.05 Å². The molecule has 0 bridgehead atoms. The van der Waals surface area contributed by atoms with Crippen LogP contribution in [0.5, 0.6) is 0 Å². The Morgan fingerprint density at radius 2 is 1.65 bits per heavy atom.